The molecule has 0 saturated heterocycles. The lowest BCUT2D eigenvalue weighted by Gasteiger charge is -2.11. The fraction of sp³-hybridized carbons (Fsp3) is 0.136. The number of ether oxygens (including phenoxy) is 1. The zero-order chi connectivity index (χ0) is 23.1. The largest absolute Gasteiger partial charge is 0.497 e. The number of amides is 2. The van der Waals surface area contributed by atoms with Crippen molar-refractivity contribution in [3.63, 3.8) is 0 Å². The number of H-pyrrole nitrogens is 1. The molecule has 3 N–H and O–H groups in total. The maximum atomic E-state index is 12.6. The van der Waals surface area contributed by atoms with E-state index >= 15 is 0 Å². The van der Waals surface area contributed by atoms with Crippen molar-refractivity contribution in [2.45, 2.75) is 12.1 Å². The van der Waals surface area contributed by atoms with E-state index in [-0.39, 0.29) is 28.2 Å². The van der Waals surface area contributed by atoms with Gasteiger partial charge >= 0.3 is 0 Å². The third-order valence-electron chi connectivity index (χ3n) is 4.22. The first-order valence-electron chi connectivity index (χ1n) is 9.45. The molecule has 3 rings (SSSR count). The average Bonchev–Trinajstić information content (AvgIpc) is 2.79. The number of hydrogen-bond acceptors (Lipinski definition) is 7. The molecule has 0 bridgehead atoms. The first-order chi connectivity index (χ1) is 15.4. The number of nitrogens with one attached hydrogen (secondary N) is 3. The van der Waals surface area contributed by atoms with Crippen molar-refractivity contribution in [3.8, 4) is 5.75 Å². The number of aromatic nitrogens is 2. The summed E-state index contributed by atoms with van der Waals surface area (Å²) in [7, 11) is 1.54. The monoisotopic (exact) mass is 452 g/mol. The summed E-state index contributed by atoms with van der Waals surface area (Å²) in [5.41, 5.74) is -0.0361. The highest BCUT2D eigenvalue weighted by atomic mass is 32.2. The van der Waals surface area contributed by atoms with Crippen LogP contribution in [0.4, 0.5) is 11.5 Å². The molecule has 9 nitrogen and oxygen atoms in total. The molecule has 164 valence electrons. The Morgan fingerprint density at radius 1 is 1.00 bits per heavy atom. The van der Waals surface area contributed by atoms with Gasteiger partial charge in [0.25, 0.3) is 11.5 Å². The Hall–Kier alpha value is -3.92. The van der Waals surface area contributed by atoms with E-state index < -0.39 is 17.4 Å². The van der Waals surface area contributed by atoms with Crippen molar-refractivity contribution in [1.82, 2.24) is 9.97 Å². The van der Waals surface area contributed by atoms with E-state index in [1.807, 2.05) is 0 Å². The molecule has 2 aromatic carbocycles. The highest BCUT2D eigenvalue weighted by molar-refractivity contribution is 7.99. The summed E-state index contributed by atoms with van der Waals surface area (Å²) in [6, 6.07) is 14.9. The van der Waals surface area contributed by atoms with Crippen molar-refractivity contribution in [2.24, 2.45) is 0 Å². The lowest BCUT2D eigenvalue weighted by atomic mass is 10.1. The molecule has 0 fully saturated rings. The number of methoxy groups -OCH3 is 1. The Balaban J connectivity index is 1.79. The number of rotatable bonds is 8. The summed E-state index contributed by atoms with van der Waals surface area (Å²) in [5.74, 6) is -0.644. The molecule has 0 unspecified atom stereocenters. The minimum atomic E-state index is -0.660. The lowest BCUT2D eigenvalue weighted by Crippen LogP contribution is -2.24. The number of benzene rings is 2. The number of carbonyl (C=O) groups excluding carboxylic acids is 3. The summed E-state index contributed by atoms with van der Waals surface area (Å²) in [6.07, 6.45) is 0. The lowest BCUT2D eigenvalue weighted by molar-refractivity contribution is -0.114. The third-order valence-corrected chi connectivity index (χ3v) is 5.09. The van der Waals surface area contributed by atoms with E-state index in [0.29, 0.717) is 16.9 Å². The molecule has 0 aliphatic rings. The SMILES string of the molecule is COc1ccc(C(=O)CSc2nc(NC(C)=O)c(NC(=O)c3ccccc3)c(=O)[nH]2)cc1. The average molecular weight is 452 g/mol. The molecule has 1 aromatic heterocycles. The van der Waals surface area contributed by atoms with E-state index in [4.69, 9.17) is 4.74 Å². The van der Waals surface area contributed by atoms with Crippen LogP contribution >= 0.6 is 11.8 Å². The molecule has 1 heterocycles. The van der Waals surface area contributed by atoms with E-state index in [0.717, 1.165) is 11.8 Å². The van der Waals surface area contributed by atoms with Crippen LogP contribution in [0.25, 0.3) is 0 Å². The maximum absolute atomic E-state index is 12.6. The molecule has 10 heteroatoms. The second-order valence-electron chi connectivity index (χ2n) is 6.54. The Bertz CT molecular complexity index is 1190. The second-order valence-corrected chi connectivity index (χ2v) is 7.50. The van der Waals surface area contributed by atoms with Crippen LogP contribution in [0.3, 0.4) is 0 Å². The van der Waals surface area contributed by atoms with Crippen LogP contribution in [-0.2, 0) is 4.79 Å². The number of hydrogen-bond donors (Lipinski definition) is 3. The van der Waals surface area contributed by atoms with Crippen LogP contribution in [0.1, 0.15) is 27.6 Å². The molecule has 0 aliphatic carbocycles. The first kappa shape index (κ1) is 22.8. The van der Waals surface area contributed by atoms with Gasteiger partial charge in [0.2, 0.25) is 5.91 Å². The number of carbonyl (C=O) groups is 3. The zero-order valence-electron chi connectivity index (χ0n) is 17.3. The minimum absolute atomic E-state index is 0.00447. The van der Waals surface area contributed by atoms with Crippen LogP contribution in [0.15, 0.2) is 64.5 Å². The number of nitrogens with zero attached hydrogens (tertiary/aromatic N) is 1. The number of Topliss-reactive ketones (excluding diaryl/α,β-unsaturated/α-hetero) is 1. The number of ketones is 1. The van der Waals surface area contributed by atoms with Gasteiger partial charge in [-0.25, -0.2) is 4.98 Å². The first-order valence-corrected chi connectivity index (χ1v) is 10.4. The van der Waals surface area contributed by atoms with Gasteiger partial charge in [-0.2, -0.15) is 0 Å². The quantitative estimate of drug-likeness (QED) is 0.272. The molecule has 0 saturated carbocycles. The Kier molecular flexibility index (Phi) is 7.40. The molecule has 0 radical (unpaired) electrons. The molecule has 0 spiro atoms. The van der Waals surface area contributed by atoms with Gasteiger partial charge in [0, 0.05) is 18.1 Å². The summed E-state index contributed by atoms with van der Waals surface area (Å²) in [4.78, 5) is 55.8. The Morgan fingerprint density at radius 3 is 2.31 bits per heavy atom. The predicted molar refractivity (Wildman–Crippen MR) is 122 cm³/mol. The van der Waals surface area contributed by atoms with Gasteiger partial charge in [0.05, 0.1) is 12.9 Å². The molecule has 0 aliphatic heterocycles. The van der Waals surface area contributed by atoms with Crippen LogP contribution in [0.2, 0.25) is 0 Å². The molecule has 32 heavy (non-hydrogen) atoms. The van der Waals surface area contributed by atoms with E-state index in [1.54, 1.807) is 54.6 Å². The van der Waals surface area contributed by atoms with Crippen molar-refractivity contribution >= 4 is 40.9 Å². The summed E-state index contributed by atoms with van der Waals surface area (Å²) < 4.78 is 5.07. The van der Waals surface area contributed by atoms with Crippen molar-refractivity contribution < 1.29 is 19.1 Å². The standard InChI is InChI=1S/C22H20N4O5S/c1-13(27)23-19-18(24-20(29)15-6-4-3-5-7-15)21(30)26-22(25-19)32-12-17(28)14-8-10-16(31-2)11-9-14/h3-11H,12H2,1-2H3,(H,24,29)(H2,23,25,26,27,30). The fourth-order valence-electron chi connectivity index (χ4n) is 2.66. The van der Waals surface area contributed by atoms with Gasteiger partial charge in [0.1, 0.15) is 5.75 Å². The smallest absolute Gasteiger partial charge is 0.277 e. The van der Waals surface area contributed by atoms with Gasteiger partial charge in [-0.3, -0.25) is 24.2 Å². The minimum Gasteiger partial charge on any atom is -0.497 e. The normalized spacial score (nSPS) is 10.3. The van der Waals surface area contributed by atoms with Crippen LogP contribution in [-0.4, -0.2) is 40.4 Å². The van der Waals surface area contributed by atoms with E-state index in [1.165, 1.54) is 14.0 Å². The van der Waals surface area contributed by atoms with Crippen LogP contribution in [0, 0.1) is 0 Å². The van der Waals surface area contributed by atoms with Crippen molar-refractivity contribution in [1.29, 1.82) is 0 Å². The topological polar surface area (TPSA) is 130 Å². The highest BCUT2D eigenvalue weighted by Crippen LogP contribution is 2.21. The molecule has 3 aromatic rings. The summed E-state index contributed by atoms with van der Waals surface area (Å²) >= 11 is 1.00. The number of thioether (sulfide) groups is 1. The van der Waals surface area contributed by atoms with Crippen LogP contribution < -0.4 is 20.9 Å². The van der Waals surface area contributed by atoms with Gasteiger partial charge in [-0.1, -0.05) is 30.0 Å². The van der Waals surface area contributed by atoms with E-state index in [2.05, 4.69) is 20.6 Å². The van der Waals surface area contributed by atoms with Gasteiger partial charge in [-0.05, 0) is 36.4 Å². The van der Waals surface area contributed by atoms with Gasteiger partial charge in [-0.15, -0.1) is 0 Å². The van der Waals surface area contributed by atoms with E-state index in [9.17, 15) is 19.2 Å². The molecule has 0 atom stereocenters. The molecular weight excluding hydrogens is 432 g/mol. The maximum Gasteiger partial charge on any atom is 0.277 e. The number of anilines is 2. The Morgan fingerprint density at radius 2 is 1.69 bits per heavy atom. The van der Waals surface area contributed by atoms with Crippen molar-refractivity contribution in [3.05, 3.63) is 76.1 Å². The second kappa shape index (κ2) is 10.4. The summed E-state index contributed by atoms with van der Waals surface area (Å²) in [6.45, 7) is 1.26. The third kappa shape index (κ3) is 5.82. The fourth-order valence-corrected chi connectivity index (χ4v) is 3.42. The molecular formula is C22H20N4O5S. The Labute approximate surface area is 187 Å². The number of aromatic amines is 1. The molecule has 2 amide bonds. The van der Waals surface area contributed by atoms with Gasteiger partial charge in [0.15, 0.2) is 22.4 Å². The summed E-state index contributed by atoms with van der Waals surface area (Å²) in [5, 5.41) is 5.05. The predicted octanol–water partition coefficient (Wildman–Crippen LogP) is 2.96. The highest BCUT2D eigenvalue weighted by Gasteiger charge is 2.17. The zero-order valence-corrected chi connectivity index (χ0v) is 18.1. The van der Waals surface area contributed by atoms with Crippen molar-refractivity contribution in [2.75, 3.05) is 23.5 Å². The van der Waals surface area contributed by atoms with Crippen LogP contribution in [0.5, 0.6) is 5.75 Å². The van der Waals surface area contributed by atoms with Gasteiger partial charge < -0.3 is 15.4 Å².